The van der Waals surface area contributed by atoms with Crippen LogP contribution in [0.2, 0.25) is 0 Å². The first kappa shape index (κ1) is 14.5. The number of carbonyl (C=O) groups excluding carboxylic acids is 1. The van der Waals surface area contributed by atoms with E-state index in [0.717, 1.165) is 11.4 Å². The monoisotopic (exact) mass is 276 g/mol. The highest BCUT2D eigenvalue weighted by atomic mass is 16.3. The van der Waals surface area contributed by atoms with Crippen LogP contribution in [-0.4, -0.2) is 50.2 Å². The van der Waals surface area contributed by atoms with Crippen molar-refractivity contribution in [1.82, 2.24) is 19.5 Å². The van der Waals surface area contributed by atoms with Gasteiger partial charge in [-0.25, -0.2) is 9.50 Å². The van der Waals surface area contributed by atoms with Crippen molar-refractivity contribution in [2.45, 2.75) is 27.7 Å². The van der Waals surface area contributed by atoms with Crippen molar-refractivity contribution in [3.63, 3.8) is 0 Å². The summed E-state index contributed by atoms with van der Waals surface area (Å²) < 4.78 is 1.70. The van der Waals surface area contributed by atoms with Crippen LogP contribution in [-0.2, 0) is 0 Å². The molecule has 20 heavy (non-hydrogen) atoms. The molecule has 108 valence electrons. The van der Waals surface area contributed by atoms with Gasteiger partial charge in [0.25, 0.3) is 5.91 Å². The molecule has 1 N–H and O–H groups in total. The molecule has 2 aromatic heterocycles. The second-order valence-corrected chi connectivity index (χ2v) is 4.84. The third-order valence-corrected chi connectivity index (χ3v) is 3.32. The van der Waals surface area contributed by atoms with Gasteiger partial charge in [-0.15, -0.1) is 0 Å². The van der Waals surface area contributed by atoms with Crippen LogP contribution < -0.4 is 0 Å². The summed E-state index contributed by atoms with van der Waals surface area (Å²) in [5.41, 5.74) is 3.56. The van der Waals surface area contributed by atoms with Crippen LogP contribution in [0.3, 0.4) is 0 Å². The van der Waals surface area contributed by atoms with Crippen LogP contribution >= 0.6 is 0 Å². The van der Waals surface area contributed by atoms with Crippen molar-refractivity contribution in [3.8, 4) is 0 Å². The van der Waals surface area contributed by atoms with E-state index in [4.69, 9.17) is 5.11 Å². The van der Waals surface area contributed by atoms with Crippen LogP contribution in [0.15, 0.2) is 6.07 Å². The summed E-state index contributed by atoms with van der Waals surface area (Å²) in [5.74, 6) is -0.133. The van der Waals surface area contributed by atoms with E-state index in [2.05, 4.69) is 10.1 Å². The summed E-state index contributed by atoms with van der Waals surface area (Å²) in [4.78, 5) is 18.7. The summed E-state index contributed by atoms with van der Waals surface area (Å²) in [6, 6.07) is 1.93. The predicted molar refractivity (Wildman–Crippen MR) is 75.9 cm³/mol. The maximum atomic E-state index is 12.6. The molecule has 0 radical (unpaired) electrons. The third-order valence-electron chi connectivity index (χ3n) is 3.32. The number of carbonyl (C=O) groups is 1. The second kappa shape index (κ2) is 5.58. The van der Waals surface area contributed by atoms with Gasteiger partial charge in [-0.1, -0.05) is 0 Å². The minimum atomic E-state index is -0.133. The van der Waals surface area contributed by atoms with Crippen molar-refractivity contribution in [1.29, 1.82) is 0 Å². The second-order valence-electron chi connectivity index (χ2n) is 4.84. The Balaban J connectivity index is 2.59. The first-order chi connectivity index (χ1) is 9.49. The number of aryl methyl sites for hydroxylation is 3. The number of likely N-dealkylation sites (N-methyl/N-ethyl adjacent to an activating group) is 1. The molecule has 0 aliphatic rings. The van der Waals surface area contributed by atoms with Gasteiger partial charge in [-0.2, -0.15) is 5.10 Å². The van der Waals surface area contributed by atoms with Gasteiger partial charge in [0.2, 0.25) is 0 Å². The number of hydrogen-bond acceptors (Lipinski definition) is 4. The van der Waals surface area contributed by atoms with Crippen LogP contribution in [0, 0.1) is 20.8 Å². The van der Waals surface area contributed by atoms with Crippen molar-refractivity contribution in [2.24, 2.45) is 0 Å². The van der Waals surface area contributed by atoms with Crippen LogP contribution in [0.4, 0.5) is 0 Å². The van der Waals surface area contributed by atoms with E-state index in [1.165, 1.54) is 0 Å². The number of aliphatic hydroxyl groups excluding tert-OH is 1. The molecule has 2 aromatic rings. The number of aliphatic hydroxyl groups is 1. The minimum absolute atomic E-state index is 0.0523. The quantitative estimate of drug-likeness (QED) is 0.908. The molecule has 0 unspecified atom stereocenters. The SMILES string of the molecule is CCN(CCO)C(=O)c1c(C)nn2c(C)cc(C)nc12. The van der Waals surface area contributed by atoms with E-state index < -0.39 is 0 Å². The van der Waals surface area contributed by atoms with Gasteiger partial charge in [0.1, 0.15) is 5.56 Å². The zero-order chi connectivity index (χ0) is 14.9. The molecular formula is C14H20N4O2. The van der Waals surface area contributed by atoms with E-state index >= 15 is 0 Å². The van der Waals surface area contributed by atoms with Gasteiger partial charge in [-0.05, 0) is 33.8 Å². The normalized spacial score (nSPS) is 11.1. The molecule has 2 rings (SSSR count). The van der Waals surface area contributed by atoms with Crippen LogP contribution in [0.25, 0.3) is 5.65 Å². The summed E-state index contributed by atoms with van der Waals surface area (Å²) in [7, 11) is 0. The average molecular weight is 276 g/mol. The highest BCUT2D eigenvalue weighted by molar-refractivity contribution is 6.01. The van der Waals surface area contributed by atoms with Gasteiger partial charge in [-0.3, -0.25) is 4.79 Å². The molecule has 0 fully saturated rings. The first-order valence-electron chi connectivity index (χ1n) is 6.73. The number of amides is 1. The molecule has 0 saturated heterocycles. The van der Waals surface area contributed by atoms with E-state index in [0.29, 0.717) is 30.0 Å². The summed E-state index contributed by atoms with van der Waals surface area (Å²) >= 11 is 0. The molecule has 0 atom stereocenters. The van der Waals surface area contributed by atoms with Gasteiger partial charge < -0.3 is 10.0 Å². The van der Waals surface area contributed by atoms with Crippen molar-refractivity contribution in [3.05, 3.63) is 28.7 Å². The van der Waals surface area contributed by atoms with Gasteiger partial charge in [0.15, 0.2) is 5.65 Å². The lowest BCUT2D eigenvalue weighted by molar-refractivity contribution is 0.0733. The molecule has 0 bridgehead atoms. The molecule has 0 spiro atoms. The minimum Gasteiger partial charge on any atom is -0.395 e. The number of nitrogens with zero attached hydrogens (tertiary/aromatic N) is 4. The fraction of sp³-hybridized carbons (Fsp3) is 0.500. The fourth-order valence-corrected chi connectivity index (χ4v) is 2.36. The zero-order valence-corrected chi connectivity index (χ0v) is 12.3. The lowest BCUT2D eigenvalue weighted by Gasteiger charge is -2.19. The lowest BCUT2D eigenvalue weighted by Crippen LogP contribution is -2.33. The molecule has 0 saturated carbocycles. The molecule has 0 aromatic carbocycles. The summed E-state index contributed by atoms with van der Waals surface area (Å²) in [6.45, 7) is 8.34. The van der Waals surface area contributed by atoms with Crippen molar-refractivity contribution < 1.29 is 9.90 Å². The Morgan fingerprint density at radius 1 is 1.40 bits per heavy atom. The van der Waals surface area contributed by atoms with E-state index in [1.807, 2.05) is 33.8 Å². The Hall–Kier alpha value is -1.95. The standard InChI is InChI=1S/C14H20N4O2/c1-5-17(6-7-19)14(20)12-11(4)16-18-10(3)8-9(2)15-13(12)18/h8,19H,5-7H2,1-4H3. The number of rotatable bonds is 4. The molecule has 0 aliphatic heterocycles. The van der Waals surface area contributed by atoms with E-state index in [-0.39, 0.29) is 12.5 Å². The van der Waals surface area contributed by atoms with Crippen LogP contribution in [0.5, 0.6) is 0 Å². The molecule has 1 amide bonds. The topological polar surface area (TPSA) is 70.7 Å². The van der Waals surface area contributed by atoms with Gasteiger partial charge in [0.05, 0.1) is 12.3 Å². The Labute approximate surface area is 118 Å². The molecular weight excluding hydrogens is 256 g/mol. The van der Waals surface area contributed by atoms with E-state index in [1.54, 1.807) is 9.42 Å². The predicted octanol–water partition coefficient (Wildman–Crippen LogP) is 1.11. The Kier molecular flexibility index (Phi) is 4.04. The number of aromatic nitrogens is 3. The zero-order valence-electron chi connectivity index (χ0n) is 12.3. The number of hydrogen-bond donors (Lipinski definition) is 1. The lowest BCUT2D eigenvalue weighted by atomic mass is 10.2. The molecule has 2 heterocycles. The van der Waals surface area contributed by atoms with Crippen molar-refractivity contribution >= 4 is 11.6 Å². The summed E-state index contributed by atoms with van der Waals surface area (Å²) in [5, 5.41) is 13.5. The Bertz CT molecular complexity index is 648. The fourth-order valence-electron chi connectivity index (χ4n) is 2.36. The Morgan fingerprint density at radius 2 is 2.10 bits per heavy atom. The van der Waals surface area contributed by atoms with Crippen molar-refractivity contribution in [2.75, 3.05) is 19.7 Å². The third kappa shape index (κ3) is 2.38. The maximum absolute atomic E-state index is 12.6. The maximum Gasteiger partial charge on any atom is 0.259 e. The summed E-state index contributed by atoms with van der Waals surface area (Å²) in [6.07, 6.45) is 0. The number of fused-ring (bicyclic) bond motifs is 1. The van der Waals surface area contributed by atoms with Gasteiger partial charge in [0, 0.05) is 24.5 Å². The smallest absolute Gasteiger partial charge is 0.259 e. The highest BCUT2D eigenvalue weighted by Crippen LogP contribution is 2.18. The van der Waals surface area contributed by atoms with E-state index in [9.17, 15) is 4.79 Å². The molecule has 0 aliphatic carbocycles. The highest BCUT2D eigenvalue weighted by Gasteiger charge is 2.23. The average Bonchev–Trinajstić information content (AvgIpc) is 2.72. The first-order valence-corrected chi connectivity index (χ1v) is 6.73. The molecule has 6 nitrogen and oxygen atoms in total. The molecule has 6 heteroatoms. The Morgan fingerprint density at radius 3 is 2.70 bits per heavy atom. The largest absolute Gasteiger partial charge is 0.395 e. The van der Waals surface area contributed by atoms with Crippen LogP contribution in [0.1, 0.15) is 34.4 Å². The van der Waals surface area contributed by atoms with Gasteiger partial charge >= 0.3 is 0 Å².